The number of oxime groups is 1. The summed E-state index contributed by atoms with van der Waals surface area (Å²) < 4.78 is 0. The van der Waals surface area contributed by atoms with E-state index in [-0.39, 0.29) is 11.8 Å². The zero-order chi connectivity index (χ0) is 12.6. The van der Waals surface area contributed by atoms with Crippen molar-refractivity contribution < 1.29 is 14.4 Å². The second-order valence-corrected chi connectivity index (χ2v) is 4.81. The third-order valence-corrected chi connectivity index (χ3v) is 3.77. The fourth-order valence-corrected chi connectivity index (χ4v) is 2.68. The van der Waals surface area contributed by atoms with Gasteiger partial charge in [0.25, 0.3) is 0 Å². The topological polar surface area (TPSA) is 55.7 Å². The van der Waals surface area contributed by atoms with E-state index in [1.807, 2.05) is 30.3 Å². The summed E-state index contributed by atoms with van der Waals surface area (Å²) >= 11 is 0. The Morgan fingerprint density at radius 3 is 2.39 bits per heavy atom. The van der Waals surface area contributed by atoms with Crippen molar-refractivity contribution in [3.05, 3.63) is 35.9 Å². The Bertz CT molecular complexity index is 523. The second-order valence-electron chi connectivity index (χ2n) is 4.81. The molecule has 0 radical (unpaired) electrons. The minimum absolute atomic E-state index is 0.215. The van der Waals surface area contributed by atoms with Gasteiger partial charge < -0.3 is 4.84 Å². The van der Waals surface area contributed by atoms with Crippen LogP contribution in [-0.4, -0.2) is 17.5 Å². The van der Waals surface area contributed by atoms with E-state index in [0.29, 0.717) is 31.4 Å². The molecule has 92 valence electrons. The van der Waals surface area contributed by atoms with Crippen LogP contribution in [0.4, 0.5) is 0 Å². The molecule has 3 rings (SSSR count). The molecule has 1 fully saturated rings. The minimum Gasteiger partial charge on any atom is -0.317 e. The van der Waals surface area contributed by atoms with Crippen molar-refractivity contribution in [2.24, 2.45) is 10.6 Å². The minimum atomic E-state index is -0.699. The van der Waals surface area contributed by atoms with Gasteiger partial charge in [0.05, 0.1) is 0 Å². The molecule has 1 heterocycles. The van der Waals surface area contributed by atoms with Crippen LogP contribution in [0, 0.1) is 5.41 Å². The fraction of sp³-hybridized carbons (Fsp3) is 0.357. The lowest BCUT2D eigenvalue weighted by molar-refractivity contribution is -0.150. The predicted octanol–water partition coefficient (Wildman–Crippen LogP) is 2.08. The van der Waals surface area contributed by atoms with Gasteiger partial charge in [-0.3, -0.25) is 4.79 Å². The molecule has 1 aliphatic carbocycles. The van der Waals surface area contributed by atoms with Gasteiger partial charge >= 0.3 is 5.97 Å². The highest BCUT2D eigenvalue weighted by molar-refractivity contribution is 6.18. The number of hydrogen-bond acceptors (Lipinski definition) is 4. The summed E-state index contributed by atoms with van der Waals surface area (Å²) in [6, 6.07) is 9.56. The molecule has 2 aliphatic rings. The van der Waals surface area contributed by atoms with Gasteiger partial charge in [-0.05, 0) is 12.8 Å². The molecule has 0 N–H and O–H groups in total. The van der Waals surface area contributed by atoms with E-state index in [2.05, 4.69) is 5.16 Å². The van der Waals surface area contributed by atoms with E-state index in [9.17, 15) is 9.59 Å². The maximum absolute atomic E-state index is 12.0. The van der Waals surface area contributed by atoms with Crippen molar-refractivity contribution in [1.82, 2.24) is 0 Å². The largest absolute Gasteiger partial charge is 0.347 e. The quantitative estimate of drug-likeness (QED) is 0.709. The van der Waals surface area contributed by atoms with E-state index < -0.39 is 5.41 Å². The Labute approximate surface area is 105 Å². The zero-order valence-corrected chi connectivity index (χ0v) is 9.89. The average Bonchev–Trinajstić information content (AvgIpc) is 2.72. The number of rotatable bonds is 1. The van der Waals surface area contributed by atoms with Gasteiger partial charge in [-0.15, -0.1) is 0 Å². The molecule has 4 nitrogen and oxygen atoms in total. The Morgan fingerprint density at radius 2 is 1.72 bits per heavy atom. The number of hydrogen-bond donors (Lipinski definition) is 0. The first-order chi connectivity index (χ1) is 8.72. The lowest BCUT2D eigenvalue weighted by atomic mass is 9.69. The third-order valence-electron chi connectivity index (χ3n) is 3.77. The molecule has 1 aromatic carbocycles. The van der Waals surface area contributed by atoms with Crippen LogP contribution >= 0.6 is 0 Å². The predicted molar refractivity (Wildman–Crippen MR) is 65.0 cm³/mol. The molecule has 0 saturated heterocycles. The number of Topliss-reactive ketones (excluding diaryl/α,β-unsaturated/α-hetero) is 1. The number of carbonyl (C=O) groups is 2. The van der Waals surface area contributed by atoms with Gasteiger partial charge in [-0.25, -0.2) is 4.79 Å². The van der Waals surface area contributed by atoms with Gasteiger partial charge in [0.2, 0.25) is 0 Å². The molecule has 0 atom stereocenters. The van der Waals surface area contributed by atoms with Crippen molar-refractivity contribution in [3.8, 4) is 0 Å². The molecule has 0 unspecified atom stereocenters. The van der Waals surface area contributed by atoms with Gasteiger partial charge in [0.1, 0.15) is 16.9 Å². The van der Waals surface area contributed by atoms with Crippen LogP contribution in [0.5, 0.6) is 0 Å². The summed E-state index contributed by atoms with van der Waals surface area (Å²) in [5.74, 6) is -0.0958. The highest BCUT2D eigenvalue weighted by Crippen LogP contribution is 2.42. The van der Waals surface area contributed by atoms with Crippen LogP contribution in [0.1, 0.15) is 31.2 Å². The van der Waals surface area contributed by atoms with Crippen LogP contribution in [0.3, 0.4) is 0 Å². The van der Waals surface area contributed by atoms with Crippen molar-refractivity contribution in [2.45, 2.75) is 25.7 Å². The summed E-state index contributed by atoms with van der Waals surface area (Å²) in [5.41, 5.74) is 0.883. The van der Waals surface area contributed by atoms with Gasteiger partial charge in [-0.2, -0.15) is 0 Å². The fourth-order valence-electron chi connectivity index (χ4n) is 2.68. The summed E-state index contributed by atoms with van der Waals surface area (Å²) in [7, 11) is 0. The monoisotopic (exact) mass is 243 g/mol. The van der Waals surface area contributed by atoms with Crippen molar-refractivity contribution in [1.29, 1.82) is 0 Å². The lowest BCUT2D eigenvalue weighted by Gasteiger charge is -2.29. The number of nitrogens with zero attached hydrogens (tertiary/aromatic N) is 1. The smallest absolute Gasteiger partial charge is 0.317 e. The molecule has 1 aliphatic heterocycles. The van der Waals surface area contributed by atoms with Gasteiger partial charge in [0, 0.05) is 18.4 Å². The Balaban J connectivity index is 1.99. The first-order valence-electron chi connectivity index (χ1n) is 6.09. The number of carbonyl (C=O) groups excluding carboxylic acids is 2. The van der Waals surface area contributed by atoms with Crippen LogP contribution < -0.4 is 0 Å². The van der Waals surface area contributed by atoms with Crippen molar-refractivity contribution in [2.75, 3.05) is 0 Å². The zero-order valence-electron chi connectivity index (χ0n) is 9.89. The van der Waals surface area contributed by atoms with E-state index in [1.54, 1.807) is 0 Å². The third kappa shape index (κ3) is 1.56. The number of benzene rings is 1. The Hall–Kier alpha value is -1.97. The maximum Gasteiger partial charge on any atom is 0.347 e. The van der Waals surface area contributed by atoms with Crippen molar-refractivity contribution >= 4 is 17.5 Å². The molecule has 0 bridgehead atoms. The molecular formula is C14H13NO3. The summed E-state index contributed by atoms with van der Waals surface area (Å²) in [6.45, 7) is 0. The molecule has 18 heavy (non-hydrogen) atoms. The summed E-state index contributed by atoms with van der Waals surface area (Å²) in [4.78, 5) is 28.2. The first-order valence-corrected chi connectivity index (χ1v) is 6.09. The molecule has 0 aromatic heterocycles. The van der Waals surface area contributed by atoms with Crippen LogP contribution in [0.15, 0.2) is 35.5 Å². The van der Waals surface area contributed by atoms with E-state index in [0.717, 1.165) is 5.56 Å². The first kappa shape index (κ1) is 11.1. The summed E-state index contributed by atoms with van der Waals surface area (Å²) in [5, 5.41) is 3.94. The van der Waals surface area contributed by atoms with Crippen LogP contribution in [0.2, 0.25) is 0 Å². The van der Waals surface area contributed by atoms with E-state index in [1.165, 1.54) is 0 Å². The molecular weight excluding hydrogens is 230 g/mol. The standard InChI is InChI=1S/C14H13NO3/c16-11-6-8-14(9-7-11)12(15-18-13(14)17)10-4-2-1-3-5-10/h1-5H,6-9H2. The molecule has 0 amide bonds. The molecule has 4 heteroatoms. The van der Waals surface area contributed by atoms with E-state index in [4.69, 9.17) is 4.84 Å². The molecule has 1 saturated carbocycles. The maximum atomic E-state index is 12.0. The van der Waals surface area contributed by atoms with E-state index >= 15 is 0 Å². The highest BCUT2D eigenvalue weighted by Gasteiger charge is 2.51. The summed E-state index contributed by atoms with van der Waals surface area (Å²) in [6.07, 6.45) is 1.89. The number of ketones is 1. The van der Waals surface area contributed by atoms with Gasteiger partial charge in [0.15, 0.2) is 0 Å². The molecule has 1 aromatic rings. The lowest BCUT2D eigenvalue weighted by Crippen LogP contribution is -2.39. The van der Waals surface area contributed by atoms with Crippen LogP contribution in [-0.2, 0) is 14.4 Å². The SMILES string of the molecule is O=C1CCC2(CC1)C(=O)ON=C2c1ccccc1. The highest BCUT2D eigenvalue weighted by atomic mass is 16.7. The Kier molecular flexibility index (Phi) is 2.51. The second kappa shape index (κ2) is 4.05. The molecule has 1 spiro atoms. The van der Waals surface area contributed by atoms with Crippen molar-refractivity contribution in [3.63, 3.8) is 0 Å². The Morgan fingerprint density at radius 1 is 1.06 bits per heavy atom. The van der Waals surface area contributed by atoms with Crippen LogP contribution in [0.25, 0.3) is 0 Å². The van der Waals surface area contributed by atoms with Gasteiger partial charge in [-0.1, -0.05) is 35.5 Å². The normalized spacial score (nSPS) is 21.9. The average molecular weight is 243 g/mol.